The van der Waals surface area contributed by atoms with E-state index < -0.39 is 0 Å². The molecule has 1 aromatic heterocycles. The van der Waals surface area contributed by atoms with Crippen LogP contribution < -0.4 is 5.32 Å². The van der Waals surface area contributed by atoms with Crippen LogP contribution in [0.25, 0.3) is 0 Å². The molecule has 1 N–H and O–H groups in total. The molecule has 0 spiro atoms. The Hall–Kier alpha value is -0.940. The molecule has 1 aliphatic heterocycles. The number of hydrogen-bond donors (Lipinski definition) is 1. The van der Waals surface area contributed by atoms with Crippen molar-refractivity contribution in [1.82, 2.24) is 15.5 Å². The monoisotopic (exact) mass is 251 g/mol. The Morgan fingerprint density at radius 3 is 3.06 bits per heavy atom. The number of hydrogen-bond acceptors (Lipinski definition) is 5. The molecule has 5 heteroatoms. The van der Waals surface area contributed by atoms with Crippen molar-refractivity contribution in [3.05, 3.63) is 11.7 Å². The maximum Gasteiger partial charge on any atom is 0.231 e. The van der Waals surface area contributed by atoms with Crippen LogP contribution in [0.15, 0.2) is 4.52 Å². The lowest BCUT2D eigenvalue weighted by Gasteiger charge is -2.18. The largest absolute Gasteiger partial charge is 0.381 e. The summed E-state index contributed by atoms with van der Waals surface area (Å²) in [6, 6.07) is 0. The minimum absolute atomic E-state index is 0.396. The van der Waals surface area contributed by atoms with Crippen LogP contribution >= 0.6 is 0 Å². The fraction of sp³-hybridized carbons (Fsp3) is 0.846. The lowest BCUT2D eigenvalue weighted by atomic mass is 10.00. The zero-order valence-electron chi connectivity index (χ0n) is 10.7. The highest BCUT2D eigenvalue weighted by atomic mass is 16.5. The third kappa shape index (κ3) is 3.29. The molecule has 1 unspecified atom stereocenters. The molecule has 2 fully saturated rings. The molecule has 2 aliphatic rings. The first-order valence-corrected chi connectivity index (χ1v) is 7.03. The molecule has 0 radical (unpaired) electrons. The molecule has 1 atom stereocenters. The van der Waals surface area contributed by atoms with Gasteiger partial charge in [0.1, 0.15) is 0 Å². The van der Waals surface area contributed by atoms with Crippen LogP contribution in [0.4, 0.5) is 0 Å². The van der Waals surface area contributed by atoms with Gasteiger partial charge in [-0.05, 0) is 38.1 Å². The third-order valence-electron chi connectivity index (χ3n) is 3.65. The van der Waals surface area contributed by atoms with Crippen molar-refractivity contribution in [2.45, 2.75) is 38.0 Å². The highest BCUT2D eigenvalue weighted by Gasteiger charge is 2.22. The van der Waals surface area contributed by atoms with Gasteiger partial charge in [0, 0.05) is 19.6 Å². The molecule has 0 amide bonds. The Morgan fingerprint density at radius 1 is 1.33 bits per heavy atom. The van der Waals surface area contributed by atoms with Crippen molar-refractivity contribution in [3.63, 3.8) is 0 Å². The molecule has 5 nitrogen and oxygen atoms in total. The highest BCUT2D eigenvalue weighted by molar-refractivity contribution is 4.96. The quantitative estimate of drug-likeness (QED) is 0.776. The molecule has 0 aromatic carbocycles. The molecular weight excluding hydrogens is 230 g/mol. The van der Waals surface area contributed by atoms with E-state index in [1.54, 1.807) is 0 Å². The Morgan fingerprint density at radius 2 is 2.28 bits per heavy atom. The molecule has 0 bridgehead atoms. The molecule has 2 heterocycles. The average molecular weight is 251 g/mol. The molecule has 3 rings (SSSR count). The summed E-state index contributed by atoms with van der Waals surface area (Å²) >= 11 is 0. The van der Waals surface area contributed by atoms with E-state index in [1.165, 1.54) is 19.3 Å². The summed E-state index contributed by atoms with van der Waals surface area (Å²) in [5.41, 5.74) is 0. The Balaban J connectivity index is 1.43. The Bertz CT molecular complexity index is 370. The lowest BCUT2D eigenvalue weighted by molar-refractivity contribution is 0.125. The zero-order chi connectivity index (χ0) is 12.2. The van der Waals surface area contributed by atoms with E-state index in [4.69, 9.17) is 9.26 Å². The predicted molar refractivity (Wildman–Crippen MR) is 66.4 cm³/mol. The van der Waals surface area contributed by atoms with E-state index in [2.05, 4.69) is 15.5 Å². The van der Waals surface area contributed by atoms with E-state index in [9.17, 15) is 0 Å². The second-order valence-electron chi connectivity index (χ2n) is 5.36. The summed E-state index contributed by atoms with van der Waals surface area (Å²) in [5, 5.41) is 7.39. The van der Waals surface area contributed by atoms with Crippen molar-refractivity contribution >= 4 is 0 Å². The number of rotatable bonds is 6. The van der Waals surface area contributed by atoms with Gasteiger partial charge in [0.05, 0.1) is 12.5 Å². The number of nitrogens with one attached hydrogen (secondary N) is 1. The van der Waals surface area contributed by atoms with Crippen molar-refractivity contribution in [2.75, 3.05) is 26.3 Å². The van der Waals surface area contributed by atoms with E-state index >= 15 is 0 Å². The van der Waals surface area contributed by atoms with Crippen LogP contribution in [-0.2, 0) is 11.2 Å². The van der Waals surface area contributed by atoms with Crippen molar-refractivity contribution < 1.29 is 9.26 Å². The summed E-state index contributed by atoms with van der Waals surface area (Å²) in [7, 11) is 0. The van der Waals surface area contributed by atoms with Crippen LogP contribution in [0.2, 0.25) is 0 Å². The minimum Gasteiger partial charge on any atom is -0.381 e. The number of nitrogens with zero attached hydrogens (tertiary/aromatic N) is 2. The third-order valence-corrected chi connectivity index (χ3v) is 3.65. The SMILES string of the molecule is C1CNCC(c2nc(CCOCC3CC3)no2)C1. The molecule has 1 aromatic rings. The van der Waals surface area contributed by atoms with Gasteiger partial charge in [-0.2, -0.15) is 4.98 Å². The fourth-order valence-corrected chi connectivity index (χ4v) is 2.30. The van der Waals surface area contributed by atoms with Crippen molar-refractivity contribution in [1.29, 1.82) is 0 Å². The first-order chi connectivity index (χ1) is 8.92. The zero-order valence-corrected chi connectivity index (χ0v) is 10.7. The molecule has 100 valence electrons. The number of aromatic nitrogens is 2. The Kier molecular flexibility index (Phi) is 3.90. The molecule has 18 heavy (non-hydrogen) atoms. The van der Waals surface area contributed by atoms with Crippen LogP contribution in [0.1, 0.15) is 43.3 Å². The number of ether oxygens (including phenoxy) is 1. The maximum absolute atomic E-state index is 5.58. The van der Waals surface area contributed by atoms with E-state index in [-0.39, 0.29) is 0 Å². The smallest absolute Gasteiger partial charge is 0.231 e. The molecule has 1 saturated carbocycles. The number of piperidine rings is 1. The van der Waals surface area contributed by atoms with Gasteiger partial charge < -0.3 is 14.6 Å². The van der Waals surface area contributed by atoms with E-state index in [1.807, 2.05) is 0 Å². The van der Waals surface area contributed by atoms with Crippen LogP contribution in [0, 0.1) is 5.92 Å². The van der Waals surface area contributed by atoms with Gasteiger partial charge in [-0.15, -0.1) is 0 Å². The lowest BCUT2D eigenvalue weighted by Crippen LogP contribution is -2.28. The van der Waals surface area contributed by atoms with Gasteiger partial charge in [0.25, 0.3) is 0 Å². The van der Waals surface area contributed by atoms with Crippen LogP contribution in [-0.4, -0.2) is 36.4 Å². The normalized spacial score (nSPS) is 24.3. The molecule has 1 saturated heterocycles. The highest BCUT2D eigenvalue weighted by Crippen LogP contribution is 2.28. The standard InChI is InChI=1S/C13H21N3O2/c1-2-11(8-14-6-1)13-15-12(16-18-13)5-7-17-9-10-3-4-10/h10-11,14H,1-9H2. The van der Waals surface area contributed by atoms with Crippen LogP contribution in [0.5, 0.6) is 0 Å². The van der Waals surface area contributed by atoms with Crippen LogP contribution in [0.3, 0.4) is 0 Å². The van der Waals surface area contributed by atoms with Crippen molar-refractivity contribution in [3.8, 4) is 0 Å². The van der Waals surface area contributed by atoms with Gasteiger partial charge >= 0.3 is 0 Å². The summed E-state index contributed by atoms with van der Waals surface area (Å²) in [4.78, 5) is 4.47. The first kappa shape index (κ1) is 12.1. The van der Waals surface area contributed by atoms with Crippen molar-refractivity contribution in [2.24, 2.45) is 5.92 Å². The second-order valence-corrected chi connectivity index (χ2v) is 5.36. The second kappa shape index (κ2) is 5.80. The van der Waals surface area contributed by atoms with Gasteiger partial charge in [-0.25, -0.2) is 0 Å². The van der Waals surface area contributed by atoms with Gasteiger partial charge in [0.15, 0.2) is 5.82 Å². The van der Waals surface area contributed by atoms with Gasteiger partial charge in [0.2, 0.25) is 5.89 Å². The van der Waals surface area contributed by atoms with E-state index in [0.717, 1.165) is 50.2 Å². The summed E-state index contributed by atoms with van der Waals surface area (Å²) in [6.07, 6.45) is 5.76. The summed E-state index contributed by atoms with van der Waals surface area (Å²) in [5.74, 6) is 2.79. The fourth-order valence-electron chi connectivity index (χ4n) is 2.30. The van der Waals surface area contributed by atoms with Gasteiger partial charge in [-0.3, -0.25) is 0 Å². The summed E-state index contributed by atoms with van der Waals surface area (Å²) < 4.78 is 10.9. The maximum atomic E-state index is 5.58. The first-order valence-electron chi connectivity index (χ1n) is 7.03. The van der Waals surface area contributed by atoms with E-state index in [0.29, 0.717) is 12.5 Å². The predicted octanol–water partition coefficient (Wildman–Crippen LogP) is 1.51. The Labute approximate surface area is 107 Å². The average Bonchev–Trinajstić information content (AvgIpc) is 3.12. The topological polar surface area (TPSA) is 60.2 Å². The molecular formula is C13H21N3O2. The summed E-state index contributed by atoms with van der Waals surface area (Å²) in [6.45, 7) is 3.67. The van der Waals surface area contributed by atoms with Gasteiger partial charge in [-0.1, -0.05) is 5.16 Å². The molecule has 1 aliphatic carbocycles. The minimum atomic E-state index is 0.396.